The molecule has 1 N–H and O–H groups in total. The monoisotopic (exact) mass is 209 g/mol. The van der Waals surface area contributed by atoms with Crippen LogP contribution in [0.15, 0.2) is 0 Å². The van der Waals surface area contributed by atoms with Gasteiger partial charge >= 0.3 is 0 Å². The summed E-state index contributed by atoms with van der Waals surface area (Å²) in [5.74, 6) is 0.652. The minimum atomic E-state index is -2.36. The number of ether oxygens (including phenoxy) is 1. The predicted molar refractivity (Wildman–Crippen MR) is 53.7 cm³/mol. The van der Waals surface area contributed by atoms with E-state index in [-0.39, 0.29) is 0 Å². The molecule has 0 bridgehead atoms. The van der Waals surface area contributed by atoms with E-state index in [2.05, 4.69) is 26.1 Å². The number of alkyl halides is 2. The van der Waals surface area contributed by atoms with Crippen molar-refractivity contribution >= 4 is 0 Å². The molecule has 0 aromatic carbocycles. The first kappa shape index (κ1) is 13.8. The van der Waals surface area contributed by atoms with E-state index in [1.54, 1.807) is 0 Å². The maximum atomic E-state index is 11.6. The van der Waals surface area contributed by atoms with E-state index in [0.29, 0.717) is 25.1 Å². The number of hydrogen-bond acceptors (Lipinski definition) is 2. The summed E-state index contributed by atoms with van der Waals surface area (Å²) in [4.78, 5) is 0. The van der Waals surface area contributed by atoms with Gasteiger partial charge in [0.15, 0.2) is 0 Å². The average molecular weight is 209 g/mol. The molecular weight excluding hydrogens is 188 g/mol. The molecule has 0 spiro atoms. The first-order chi connectivity index (χ1) is 6.52. The summed E-state index contributed by atoms with van der Waals surface area (Å²) >= 11 is 0. The molecule has 0 saturated heterocycles. The molecule has 2 nitrogen and oxygen atoms in total. The molecule has 0 saturated carbocycles. The second kappa shape index (κ2) is 8.12. The fourth-order valence-corrected chi connectivity index (χ4v) is 1.34. The zero-order valence-corrected chi connectivity index (χ0v) is 9.22. The fourth-order valence-electron chi connectivity index (χ4n) is 1.34. The van der Waals surface area contributed by atoms with Crippen molar-refractivity contribution in [3.05, 3.63) is 0 Å². The SMILES string of the molecule is CC(C)CC(C)NCCOCC(F)F. The van der Waals surface area contributed by atoms with E-state index in [4.69, 9.17) is 4.74 Å². The third kappa shape index (κ3) is 9.86. The van der Waals surface area contributed by atoms with E-state index in [1.165, 1.54) is 0 Å². The first-order valence-electron chi connectivity index (χ1n) is 5.11. The average Bonchev–Trinajstić information content (AvgIpc) is 2.01. The van der Waals surface area contributed by atoms with Crippen molar-refractivity contribution < 1.29 is 13.5 Å². The van der Waals surface area contributed by atoms with Crippen LogP contribution in [0.1, 0.15) is 27.2 Å². The topological polar surface area (TPSA) is 21.3 Å². The van der Waals surface area contributed by atoms with Crippen molar-refractivity contribution in [1.82, 2.24) is 5.32 Å². The van der Waals surface area contributed by atoms with Crippen molar-refractivity contribution in [2.24, 2.45) is 5.92 Å². The Labute approximate surface area is 85.0 Å². The third-order valence-electron chi connectivity index (χ3n) is 1.81. The minimum Gasteiger partial charge on any atom is -0.374 e. The largest absolute Gasteiger partial charge is 0.374 e. The van der Waals surface area contributed by atoms with Gasteiger partial charge in [-0.3, -0.25) is 0 Å². The Kier molecular flexibility index (Phi) is 7.99. The van der Waals surface area contributed by atoms with Gasteiger partial charge in [0.1, 0.15) is 6.61 Å². The van der Waals surface area contributed by atoms with Crippen molar-refractivity contribution in [3.8, 4) is 0 Å². The molecule has 0 heterocycles. The minimum absolute atomic E-state index is 0.354. The first-order valence-corrected chi connectivity index (χ1v) is 5.11. The van der Waals surface area contributed by atoms with Gasteiger partial charge < -0.3 is 10.1 Å². The van der Waals surface area contributed by atoms with E-state index in [1.807, 2.05) is 0 Å². The van der Waals surface area contributed by atoms with Crippen LogP contribution < -0.4 is 5.32 Å². The van der Waals surface area contributed by atoms with Crippen molar-refractivity contribution in [2.45, 2.75) is 39.7 Å². The van der Waals surface area contributed by atoms with Gasteiger partial charge in [-0.1, -0.05) is 13.8 Å². The van der Waals surface area contributed by atoms with Crippen molar-refractivity contribution in [3.63, 3.8) is 0 Å². The van der Waals surface area contributed by atoms with Crippen LogP contribution in [-0.4, -0.2) is 32.2 Å². The lowest BCUT2D eigenvalue weighted by Gasteiger charge is -2.15. The van der Waals surface area contributed by atoms with E-state index < -0.39 is 13.0 Å². The summed E-state index contributed by atoms with van der Waals surface area (Å²) in [5, 5.41) is 3.22. The summed E-state index contributed by atoms with van der Waals surface area (Å²) in [7, 11) is 0. The zero-order chi connectivity index (χ0) is 11.0. The van der Waals surface area contributed by atoms with Gasteiger partial charge in [0.2, 0.25) is 0 Å². The Morgan fingerprint density at radius 3 is 2.36 bits per heavy atom. The summed E-state index contributed by atoms with van der Waals surface area (Å²) in [5.41, 5.74) is 0. The molecule has 4 heteroatoms. The van der Waals surface area contributed by atoms with Crippen LogP contribution in [0.4, 0.5) is 8.78 Å². The summed E-state index contributed by atoms with van der Waals surface area (Å²) in [6.07, 6.45) is -1.27. The quantitative estimate of drug-likeness (QED) is 0.619. The number of nitrogens with one attached hydrogen (secondary N) is 1. The van der Waals surface area contributed by atoms with Crippen LogP contribution in [-0.2, 0) is 4.74 Å². The highest BCUT2D eigenvalue weighted by Gasteiger charge is 2.04. The molecule has 0 radical (unpaired) electrons. The summed E-state index contributed by atoms with van der Waals surface area (Å²) < 4.78 is 28.0. The third-order valence-corrected chi connectivity index (χ3v) is 1.81. The lowest BCUT2D eigenvalue weighted by atomic mass is 10.1. The fraction of sp³-hybridized carbons (Fsp3) is 1.00. The molecule has 0 aromatic heterocycles. The molecule has 1 unspecified atom stereocenters. The van der Waals surface area contributed by atoms with Crippen molar-refractivity contribution in [1.29, 1.82) is 0 Å². The molecule has 1 atom stereocenters. The molecule has 0 amide bonds. The van der Waals surface area contributed by atoms with Gasteiger partial charge in [0, 0.05) is 12.6 Å². The standard InChI is InChI=1S/C10H21F2NO/c1-8(2)6-9(3)13-4-5-14-7-10(11)12/h8-10,13H,4-7H2,1-3H3. The maximum absolute atomic E-state index is 11.6. The molecular formula is C10H21F2NO. The van der Waals surface area contributed by atoms with Gasteiger partial charge in [-0.05, 0) is 19.3 Å². The van der Waals surface area contributed by atoms with Crippen LogP contribution in [0.25, 0.3) is 0 Å². The van der Waals surface area contributed by atoms with E-state index in [0.717, 1.165) is 6.42 Å². The van der Waals surface area contributed by atoms with Crippen LogP contribution in [0.5, 0.6) is 0 Å². The molecule has 0 aliphatic heterocycles. The smallest absolute Gasteiger partial charge is 0.261 e. The predicted octanol–water partition coefficient (Wildman–Crippen LogP) is 2.29. The van der Waals surface area contributed by atoms with Gasteiger partial charge in [-0.15, -0.1) is 0 Å². The molecule has 0 rings (SSSR count). The van der Waals surface area contributed by atoms with E-state index in [9.17, 15) is 8.78 Å². The second-order valence-electron chi connectivity index (χ2n) is 3.95. The number of halogens is 2. The molecule has 86 valence electrons. The maximum Gasteiger partial charge on any atom is 0.261 e. The summed E-state index contributed by atoms with van der Waals surface area (Å²) in [6.45, 7) is 6.94. The normalized spacial score (nSPS) is 13.9. The van der Waals surface area contributed by atoms with Crippen LogP contribution in [0, 0.1) is 5.92 Å². The number of rotatable bonds is 8. The Bertz CT molecular complexity index is 131. The Morgan fingerprint density at radius 2 is 1.86 bits per heavy atom. The van der Waals surface area contributed by atoms with Crippen LogP contribution in [0.2, 0.25) is 0 Å². The van der Waals surface area contributed by atoms with Crippen LogP contribution in [0.3, 0.4) is 0 Å². The molecule has 0 aliphatic carbocycles. The van der Waals surface area contributed by atoms with Crippen LogP contribution >= 0.6 is 0 Å². The second-order valence-corrected chi connectivity index (χ2v) is 3.95. The lowest BCUT2D eigenvalue weighted by molar-refractivity contribution is 0.0182. The highest BCUT2D eigenvalue weighted by atomic mass is 19.3. The highest BCUT2D eigenvalue weighted by Crippen LogP contribution is 2.03. The Morgan fingerprint density at radius 1 is 1.21 bits per heavy atom. The molecule has 0 aromatic rings. The molecule has 0 aliphatic rings. The van der Waals surface area contributed by atoms with Gasteiger partial charge in [-0.2, -0.15) is 0 Å². The molecule has 0 fully saturated rings. The number of hydrogen-bond donors (Lipinski definition) is 1. The zero-order valence-electron chi connectivity index (χ0n) is 9.22. The Balaban J connectivity index is 3.19. The summed E-state index contributed by atoms with van der Waals surface area (Å²) in [6, 6.07) is 0.421. The van der Waals surface area contributed by atoms with Crippen molar-refractivity contribution in [2.75, 3.05) is 19.8 Å². The van der Waals surface area contributed by atoms with E-state index >= 15 is 0 Å². The van der Waals surface area contributed by atoms with Gasteiger partial charge in [0.05, 0.1) is 6.61 Å². The van der Waals surface area contributed by atoms with Gasteiger partial charge in [-0.25, -0.2) is 8.78 Å². The highest BCUT2D eigenvalue weighted by molar-refractivity contribution is 4.62. The van der Waals surface area contributed by atoms with Gasteiger partial charge in [0.25, 0.3) is 6.43 Å². The molecule has 14 heavy (non-hydrogen) atoms. The lowest BCUT2D eigenvalue weighted by Crippen LogP contribution is -2.30. The Hall–Kier alpha value is -0.220.